The summed E-state index contributed by atoms with van der Waals surface area (Å²) in [5, 5.41) is 13.7. The fraction of sp³-hybridized carbons (Fsp3) is 0.342. The Morgan fingerprint density at radius 2 is 1.45 bits per heavy atom. The number of halogens is 2. The third-order valence-corrected chi connectivity index (χ3v) is 10.5. The molecule has 2 atom stereocenters. The number of carbonyl (C=O) groups is 3. The Labute approximate surface area is 306 Å². The Morgan fingerprint density at radius 3 is 2.08 bits per heavy atom. The summed E-state index contributed by atoms with van der Waals surface area (Å²) >= 11 is 14.2. The second-order valence-corrected chi connectivity index (χ2v) is 13.8. The van der Waals surface area contributed by atoms with Gasteiger partial charge >= 0.3 is 0 Å². The molecule has 3 aliphatic heterocycles. The first-order valence-corrected chi connectivity index (χ1v) is 17.9. The first-order chi connectivity index (χ1) is 24.8. The van der Waals surface area contributed by atoms with Crippen molar-refractivity contribution in [3.63, 3.8) is 0 Å². The fourth-order valence-electron chi connectivity index (χ4n) is 6.93. The minimum absolute atomic E-state index is 0.0444. The Balaban J connectivity index is 1.05. The molecule has 0 radical (unpaired) electrons. The molecule has 0 bridgehead atoms. The summed E-state index contributed by atoms with van der Waals surface area (Å²) in [4.78, 5) is 47.3. The average molecular weight is 729 g/mol. The summed E-state index contributed by atoms with van der Waals surface area (Å²) in [7, 11) is 1.59. The lowest BCUT2D eigenvalue weighted by Gasteiger charge is -2.17. The molecule has 2 aromatic carbocycles. The van der Waals surface area contributed by atoms with E-state index in [9.17, 15) is 14.4 Å². The number of carbonyl (C=O) groups excluding carboxylic acids is 3. The van der Waals surface area contributed by atoms with Crippen molar-refractivity contribution in [3.8, 4) is 39.5 Å². The van der Waals surface area contributed by atoms with Crippen molar-refractivity contribution in [2.24, 2.45) is 0 Å². The summed E-state index contributed by atoms with van der Waals surface area (Å²) in [5.41, 5.74) is 6.69. The zero-order valence-electron chi connectivity index (χ0n) is 28.2. The van der Waals surface area contributed by atoms with Crippen LogP contribution in [0.25, 0.3) is 33.6 Å². The van der Waals surface area contributed by atoms with Crippen molar-refractivity contribution in [2.45, 2.75) is 50.9 Å². The number of rotatable bonds is 13. The SMILES string of the molecule is COc1nc(-c2cccc(-c3cccc(-c4cc5c(cn4)C(=O)N(CCNC[C@@H]4CCC(=O)N4)C5)c3Cl)c2Cl)ccc1CNC[C@@H]1CCC(=O)N1. The van der Waals surface area contributed by atoms with Crippen molar-refractivity contribution in [1.82, 2.24) is 36.1 Å². The number of benzene rings is 2. The van der Waals surface area contributed by atoms with Gasteiger partial charge < -0.3 is 30.9 Å². The number of ether oxygens (including phenoxy) is 1. The second kappa shape index (κ2) is 15.4. The third-order valence-electron chi connectivity index (χ3n) is 9.67. The van der Waals surface area contributed by atoms with E-state index in [1.54, 1.807) is 13.3 Å². The van der Waals surface area contributed by atoms with Crippen molar-refractivity contribution in [3.05, 3.63) is 87.5 Å². The number of amides is 3. The third kappa shape index (κ3) is 7.57. The van der Waals surface area contributed by atoms with Gasteiger partial charge in [-0.25, -0.2) is 4.98 Å². The highest BCUT2D eigenvalue weighted by molar-refractivity contribution is 6.39. The Morgan fingerprint density at radius 1 is 0.824 bits per heavy atom. The summed E-state index contributed by atoms with van der Waals surface area (Å²) in [6, 6.07) is 17.6. The van der Waals surface area contributed by atoms with Crippen molar-refractivity contribution in [1.29, 1.82) is 0 Å². The van der Waals surface area contributed by atoms with Crippen LogP contribution in [0.15, 0.2) is 60.8 Å². The van der Waals surface area contributed by atoms with Gasteiger partial charge in [0.25, 0.3) is 5.91 Å². The van der Waals surface area contributed by atoms with Crippen molar-refractivity contribution in [2.75, 3.05) is 33.3 Å². The predicted molar refractivity (Wildman–Crippen MR) is 197 cm³/mol. The van der Waals surface area contributed by atoms with E-state index >= 15 is 0 Å². The molecule has 4 aromatic rings. The number of nitrogens with one attached hydrogen (secondary N) is 4. The maximum absolute atomic E-state index is 13.1. The predicted octanol–water partition coefficient (Wildman–Crippen LogP) is 4.99. The molecule has 51 heavy (non-hydrogen) atoms. The monoisotopic (exact) mass is 727 g/mol. The topological polar surface area (TPSA) is 138 Å². The molecule has 13 heteroatoms. The number of hydrogen-bond donors (Lipinski definition) is 4. The number of pyridine rings is 2. The summed E-state index contributed by atoms with van der Waals surface area (Å²) < 4.78 is 5.65. The fourth-order valence-corrected chi connectivity index (χ4v) is 7.58. The number of methoxy groups -OCH3 is 1. The average Bonchev–Trinajstić information content (AvgIpc) is 3.84. The first-order valence-electron chi connectivity index (χ1n) is 17.2. The quantitative estimate of drug-likeness (QED) is 0.142. The highest BCUT2D eigenvalue weighted by atomic mass is 35.5. The summed E-state index contributed by atoms with van der Waals surface area (Å²) in [6.45, 7) is 3.57. The van der Waals surface area contributed by atoms with E-state index in [2.05, 4.69) is 26.3 Å². The van der Waals surface area contributed by atoms with Crippen LogP contribution in [0, 0.1) is 0 Å². The lowest BCUT2D eigenvalue weighted by molar-refractivity contribution is -0.120. The molecule has 2 saturated heterocycles. The largest absolute Gasteiger partial charge is 0.481 e. The molecule has 7 rings (SSSR count). The zero-order valence-corrected chi connectivity index (χ0v) is 29.7. The molecule has 2 fully saturated rings. The maximum Gasteiger partial charge on any atom is 0.256 e. The lowest BCUT2D eigenvalue weighted by atomic mass is 9.97. The molecule has 0 saturated carbocycles. The van der Waals surface area contributed by atoms with Gasteiger partial charge in [0.05, 0.1) is 34.1 Å². The van der Waals surface area contributed by atoms with Gasteiger partial charge in [0.15, 0.2) is 0 Å². The normalized spacial score (nSPS) is 18.3. The van der Waals surface area contributed by atoms with E-state index in [0.29, 0.717) is 85.0 Å². The van der Waals surface area contributed by atoms with E-state index < -0.39 is 0 Å². The van der Waals surface area contributed by atoms with Gasteiger partial charge in [0.1, 0.15) is 0 Å². The van der Waals surface area contributed by atoms with Crippen LogP contribution in [0.2, 0.25) is 10.0 Å². The van der Waals surface area contributed by atoms with Gasteiger partial charge in [-0.1, -0.05) is 65.7 Å². The molecule has 11 nitrogen and oxygen atoms in total. The number of fused-ring (bicyclic) bond motifs is 1. The van der Waals surface area contributed by atoms with Crippen LogP contribution in [0.4, 0.5) is 0 Å². The van der Waals surface area contributed by atoms with Crippen molar-refractivity contribution >= 4 is 40.9 Å². The minimum atomic E-state index is -0.0444. The molecule has 0 spiro atoms. The maximum atomic E-state index is 13.1. The molecule has 5 heterocycles. The van der Waals surface area contributed by atoms with Crippen LogP contribution in [0.5, 0.6) is 5.88 Å². The van der Waals surface area contributed by atoms with Gasteiger partial charge in [-0.15, -0.1) is 0 Å². The molecule has 2 aromatic heterocycles. The molecule has 3 aliphatic rings. The number of hydrogen-bond acceptors (Lipinski definition) is 8. The van der Waals surface area contributed by atoms with Crippen LogP contribution in [0.3, 0.4) is 0 Å². The van der Waals surface area contributed by atoms with E-state index in [1.807, 2.05) is 59.5 Å². The van der Waals surface area contributed by atoms with Crippen LogP contribution in [-0.4, -0.2) is 78.0 Å². The van der Waals surface area contributed by atoms with E-state index in [4.69, 9.17) is 32.9 Å². The van der Waals surface area contributed by atoms with Gasteiger partial charge in [-0.2, -0.15) is 0 Å². The Bertz CT molecular complexity index is 1990. The lowest BCUT2D eigenvalue weighted by Crippen LogP contribution is -2.39. The van der Waals surface area contributed by atoms with Crippen LogP contribution in [-0.2, 0) is 22.7 Å². The second-order valence-electron chi connectivity index (χ2n) is 13.1. The summed E-state index contributed by atoms with van der Waals surface area (Å²) in [6.07, 6.45) is 4.43. The first kappa shape index (κ1) is 34.9. The highest BCUT2D eigenvalue weighted by Gasteiger charge is 2.29. The molecule has 264 valence electrons. The molecular formula is C38H39Cl2N7O4. The van der Waals surface area contributed by atoms with Gasteiger partial charge in [-0.05, 0) is 30.5 Å². The van der Waals surface area contributed by atoms with E-state index in [0.717, 1.165) is 46.2 Å². The van der Waals surface area contributed by atoms with Crippen molar-refractivity contribution < 1.29 is 19.1 Å². The van der Waals surface area contributed by atoms with E-state index in [1.165, 1.54) is 0 Å². The van der Waals surface area contributed by atoms with Crippen LogP contribution >= 0.6 is 23.2 Å². The summed E-state index contributed by atoms with van der Waals surface area (Å²) in [5.74, 6) is 0.635. The van der Waals surface area contributed by atoms with Gasteiger partial charge in [0.2, 0.25) is 17.7 Å². The minimum Gasteiger partial charge on any atom is -0.481 e. The van der Waals surface area contributed by atoms with Crippen LogP contribution < -0.4 is 26.0 Å². The number of nitrogens with zero attached hydrogens (tertiary/aromatic N) is 3. The van der Waals surface area contributed by atoms with Crippen LogP contribution in [0.1, 0.15) is 47.2 Å². The standard InChI is InChI=1S/C38H39Cl2N7O4/c1-51-37-22(17-42-19-25-10-13-34(49)45-25)8-11-31(46-37)28-6-2-4-26(35(28)39)27-5-3-7-29(36(27)40)32-16-23-21-47(38(50)30(23)20-43-32)15-14-41-18-24-9-12-33(48)44-24/h2-8,11,16,20,24-25,41-42H,9-10,12-15,17-19,21H2,1H3,(H,44,48)(H,45,49)/t24-,25-/m0/s1. The molecular weight excluding hydrogens is 689 g/mol. The van der Waals surface area contributed by atoms with E-state index in [-0.39, 0.29) is 29.8 Å². The molecule has 3 amide bonds. The molecule has 0 unspecified atom stereocenters. The number of aromatic nitrogens is 2. The Kier molecular flexibility index (Phi) is 10.5. The smallest absolute Gasteiger partial charge is 0.256 e. The Hall–Kier alpha value is -4.55. The molecule has 4 N–H and O–H groups in total. The molecule has 0 aliphatic carbocycles. The van der Waals surface area contributed by atoms with Gasteiger partial charge in [0, 0.05) is 98.2 Å². The highest BCUT2D eigenvalue weighted by Crippen LogP contribution is 2.42. The zero-order chi connectivity index (χ0) is 35.5. The van der Waals surface area contributed by atoms with Gasteiger partial charge in [-0.3, -0.25) is 19.4 Å².